The van der Waals surface area contributed by atoms with Crippen LogP contribution in [0.15, 0.2) is 36.4 Å². The number of morpholine rings is 1. The highest BCUT2D eigenvalue weighted by Gasteiger charge is 2.37. The van der Waals surface area contributed by atoms with Gasteiger partial charge in [0.25, 0.3) is 5.91 Å². The van der Waals surface area contributed by atoms with Crippen molar-refractivity contribution in [2.24, 2.45) is 5.73 Å². The molecule has 1 saturated heterocycles. The molecule has 2 aliphatic heterocycles. The molecule has 9 nitrogen and oxygen atoms in total. The summed E-state index contributed by atoms with van der Waals surface area (Å²) in [4.78, 5) is 41.3. The number of carbonyl (C=O) groups is 3. The molecule has 10 heteroatoms. The Kier molecular flexibility index (Phi) is 8.87. The molecular formula is C29H36FN3O6. The Morgan fingerprint density at radius 2 is 1.90 bits per heavy atom. The average molecular weight is 542 g/mol. The van der Waals surface area contributed by atoms with Crippen molar-refractivity contribution >= 4 is 17.8 Å². The first-order valence-corrected chi connectivity index (χ1v) is 13.2. The van der Waals surface area contributed by atoms with Gasteiger partial charge in [-0.1, -0.05) is 12.1 Å². The zero-order chi connectivity index (χ0) is 28.2. The van der Waals surface area contributed by atoms with Gasteiger partial charge in [0.05, 0.1) is 19.8 Å². The number of benzene rings is 2. The van der Waals surface area contributed by atoms with Crippen LogP contribution < -0.4 is 10.5 Å². The number of nitrogens with two attached hydrogens (primary N) is 1. The van der Waals surface area contributed by atoms with Gasteiger partial charge in [-0.15, -0.1) is 0 Å². The number of hydrogen-bond acceptors (Lipinski definition) is 7. The summed E-state index contributed by atoms with van der Waals surface area (Å²) in [7, 11) is 0. The molecule has 0 aliphatic carbocycles. The summed E-state index contributed by atoms with van der Waals surface area (Å²) < 4.78 is 31.4. The first-order valence-electron chi connectivity index (χ1n) is 13.2. The van der Waals surface area contributed by atoms with Crippen LogP contribution in [-0.4, -0.2) is 65.5 Å². The van der Waals surface area contributed by atoms with Crippen molar-refractivity contribution in [3.05, 3.63) is 64.5 Å². The van der Waals surface area contributed by atoms with Crippen LogP contribution in [0, 0.1) is 5.82 Å². The van der Waals surface area contributed by atoms with Crippen LogP contribution in [0.1, 0.15) is 60.7 Å². The van der Waals surface area contributed by atoms with E-state index >= 15 is 0 Å². The van der Waals surface area contributed by atoms with Gasteiger partial charge in [0.15, 0.2) is 0 Å². The fourth-order valence-corrected chi connectivity index (χ4v) is 4.82. The smallest absolute Gasteiger partial charge is 0.306 e. The van der Waals surface area contributed by atoms with Crippen molar-refractivity contribution in [3.8, 4) is 5.75 Å². The van der Waals surface area contributed by atoms with Gasteiger partial charge < -0.3 is 24.8 Å². The van der Waals surface area contributed by atoms with Crippen LogP contribution in [0.3, 0.4) is 0 Å². The Labute approximate surface area is 228 Å². The van der Waals surface area contributed by atoms with Gasteiger partial charge in [-0.25, -0.2) is 4.39 Å². The molecule has 0 spiro atoms. The van der Waals surface area contributed by atoms with E-state index in [2.05, 4.69) is 4.90 Å². The Morgan fingerprint density at radius 3 is 2.59 bits per heavy atom. The molecule has 2 amide bonds. The van der Waals surface area contributed by atoms with Gasteiger partial charge in [-0.2, -0.15) is 0 Å². The predicted octanol–water partition coefficient (Wildman–Crippen LogP) is 3.17. The monoisotopic (exact) mass is 541 g/mol. The predicted molar refractivity (Wildman–Crippen MR) is 141 cm³/mol. The van der Waals surface area contributed by atoms with E-state index < -0.39 is 23.5 Å². The molecule has 210 valence electrons. The van der Waals surface area contributed by atoms with Gasteiger partial charge in [0.1, 0.15) is 29.8 Å². The summed E-state index contributed by atoms with van der Waals surface area (Å²) in [5.41, 5.74) is 7.34. The second kappa shape index (κ2) is 12.1. The molecule has 2 aromatic rings. The van der Waals surface area contributed by atoms with E-state index in [1.54, 1.807) is 51.1 Å². The third kappa shape index (κ3) is 7.33. The average Bonchev–Trinajstić information content (AvgIpc) is 3.20. The third-order valence-electron chi connectivity index (χ3n) is 6.70. The quantitative estimate of drug-likeness (QED) is 0.460. The molecular weight excluding hydrogens is 505 g/mol. The van der Waals surface area contributed by atoms with Crippen LogP contribution in [-0.2, 0) is 38.8 Å². The Morgan fingerprint density at radius 1 is 1.15 bits per heavy atom. The fraction of sp³-hybridized carbons (Fsp3) is 0.483. The van der Waals surface area contributed by atoms with Gasteiger partial charge >= 0.3 is 5.97 Å². The molecule has 1 atom stereocenters. The van der Waals surface area contributed by atoms with E-state index in [1.807, 2.05) is 0 Å². The molecule has 2 aromatic carbocycles. The SMILES string of the molecule is CC(C)(C)OC(=O)CCC(C(N)=O)N1Cc2c(OCc3cc(CN4CCOCC4)ccc3F)cccc2C1=O. The summed E-state index contributed by atoms with van der Waals surface area (Å²) in [6.07, 6.45) is -0.0181. The second-order valence-corrected chi connectivity index (χ2v) is 10.9. The zero-order valence-corrected chi connectivity index (χ0v) is 22.7. The molecule has 1 unspecified atom stereocenters. The number of rotatable bonds is 10. The molecule has 4 rings (SSSR count). The molecule has 1 fully saturated rings. The molecule has 0 saturated carbocycles. The number of primary amides is 1. The number of amides is 2. The van der Waals surface area contributed by atoms with Crippen molar-refractivity contribution in [2.75, 3.05) is 26.3 Å². The minimum atomic E-state index is -0.986. The van der Waals surface area contributed by atoms with E-state index in [4.69, 9.17) is 19.9 Å². The summed E-state index contributed by atoms with van der Waals surface area (Å²) in [6, 6.07) is 9.07. The Balaban J connectivity index is 1.44. The first-order chi connectivity index (χ1) is 18.5. The molecule has 0 radical (unpaired) electrons. The van der Waals surface area contributed by atoms with Gasteiger partial charge in [0.2, 0.25) is 5.91 Å². The molecule has 0 aromatic heterocycles. The summed E-state index contributed by atoms with van der Waals surface area (Å²) in [5, 5.41) is 0. The number of carbonyl (C=O) groups excluding carboxylic acids is 3. The molecule has 2 N–H and O–H groups in total. The lowest BCUT2D eigenvalue weighted by Crippen LogP contribution is -2.45. The molecule has 2 heterocycles. The van der Waals surface area contributed by atoms with Crippen LogP contribution in [0.4, 0.5) is 4.39 Å². The number of nitrogens with zero attached hydrogens (tertiary/aromatic N) is 2. The normalized spacial score (nSPS) is 16.6. The summed E-state index contributed by atoms with van der Waals surface area (Å²) in [6.45, 7) is 9.05. The van der Waals surface area contributed by atoms with E-state index in [-0.39, 0.29) is 37.7 Å². The Hall–Kier alpha value is -3.50. The standard InChI is InChI=1S/C29H36FN3O6/c1-29(2,3)39-26(34)10-9-24(27(31)35)33-17-22-21(28(33)36)5-4-6-25(22)38-18-20-15-19(7-8-23(20)30)16-32-11-13-37-14-12-32/h4-8,15,24H,9-14,16-18H2,1-3H3,(H2,31,35). The maximum Gasteiger partial charge on any atom is 0.306 e. The third-order valence-corrected chi connectivity index (χ3v) is 6.70. The van der Waals surface area contributed by atoms with E-state index in [0.717, 1.165) is 18.7 Å². The highest BCUT2D eigenvalue weighted by molar-refractivity contribution is 6.01. The lowest BCUT2D eigenvalue weighted by atomic mass is 10.1. The summed E-state index contributed by atoms with van der Waals surface area (Å²) >= 11 is 0. The largest absolute Gasteiger partial charge is 0.488 e. The first kappa shape index (κ1) is 28.5. The van der Waals surface area contributed by atoms with Crippen LogP contribution in [0.2, 0.25) is 0 Å². The maximum absolute atomic E-state index is 14.6. The number of fused-ring (bicyclic) bond motifs is 1. The van der Waals surface area contributed by atoms with Crippen LogP contribution in [0.25, 0.3) is 0 Å². The highest BCUT2D eigenvalue weighted by atomic mass is 19.1. The lowest BCUT2D eigenvalue weighted by molar-refractivity contribution is -0.155. The second-order valence-electron chi connectivity index (χ2n) is 10.9. The number of ether oxygens (including phenoxy) is 3. The fourth-order valence-electron chi connectivity index (χ4n) is 4.82. The van der Waals surface area contributed by atoms with Crippen LogP contribution >= 0.6 is 0 Å². The number of halogens is 1. The van der Waals surface area contributed by atoms with E-state index in [9.17, 15) is 18.8 Å². The van der Waals surface area contributed by atoms with Crippen LogP contribution in [0.5, 0.6) is 5.75 Å². The Bertz CT molecular complexity index is 1220. The minimum Gasteiger partial charge on any atom is -0.488 e. The number of esters is 1. The lowest BCUT2D eigenvalue weighted by Gasteiger charge is -2.26. The van der Waals surface area contributed by atoms with E-state index in [1.165, 1.54) is 11.0 Å². The van der Waals surface area contributed by atoms with Crippen molar-refractivity contribution in [1.29, 1.82) is 0 Å². The van der Waals surface area contributed by atoms with Crippen molar-refractivity contribution in [3.63, 3.8) is 0 Å². The number of hydrogen-bond donors (Lipinski definition) is 1. The van der Waals surface area contributed by atoms with Crippen molar-refractivity contribution in [2.45, 2.75) is 65.0 Å². The van der Waals surface area contributed by atoms with Crippen molar-refractivity contribution in [1.82, 2.24) is 9.80 Å². The van der Waals surface area contributed by atoms with E-state index in [0.29, 0.717) is 42.2 Å². The van der Waals surface area contributed by atoms with Gasteiger partial charge in [-0.05, 0) is 57.0 Å². The highest BCUT2D eigenvalue weighted by Crippen LogP contribution is 2.33. The molecule has 0 bridgehead atoms. The molecule has 39 heavy (non-hydrogen) atoms. The maximum atomic E-state index is 14.6. The van der Waals surface area contributed by atoms with Crippen molar-refractivity contribution < 1.29 is 33.0 Å². The minimum absolute atomic E-state index is 0.0225. The summed E-state index contributed by atoms with van der Waals surface area (Å²) in [5.74, 6) is -1.50. The topological polar surface area (TPSA) is 111 Å². The zero-order valence-electron chi connectivity index (χ0n) is 22.7. The van der Waals surface area contributed by atoms with Gasteiger partial charge in [0, 0.05) is 42.7 Å². The molecule has 2 aliphatic rings. The van der Waals surface area contributed by atoms with Gasteiger partial charge in [-0.3, -0.25) is 19.3 Å².